The molecule has 3 heterocycles. The fourth-order valence-electron chi connectivity index (χ4n) is 5.27. The minimum atomic E-state index is 0.517. The number of anilines is 2. The van der Waals surface area contributed by atoms with Gasteiger partial charge in [-0.15, -0.1) is 0 Å². The van der Waals surface area contributed by atoms with Gasteiger partial charge in [-0.25, -0.2) is 0 Å². The van der Waals surface area contributed by atoms with Crippen LogP contribution in [0.1, 0.15) is 11.1 Å². The van der Waals surface area contributed by atoms with Crippen LogP contribution in [0.5, 0.6) is 0 Å². The van der Waals surface area contributed by atoms with Gasteiger partial charge in [0, 0.05) is 34.3 Å². The monoisotopic (exact) mass is 373 g/mol. The molecule has 2 aliphatic rings. The van der Waals surface area contributed by atoms with E-state index in [1.54, 1.807) is 0 Å². The summed E-state index contributed by atoms with van der Waals surface area (Å²) >= 11 is 0. The SMILES string of the molecule is c1ccc(-c2ccc3c(c2)CC2Cc4cc5c(cc4N32)oc2ccccc25)cc1. The van der Waals surface area contributed by atoms with Crippen molar-refractivity contribution in [3.63, 3.8) is 0 Å². The zero-order valence-corrected chi connectivity index (χ0v) is 15.9. The molecule has 2 aliphatic heterocycles. The average molecular weight is 373 g/mol. The van der Waals surface area contributed by atoms with Crippen LogP contribution in [0.3, 0.4) is 0 Å². The molecule has 29 heavy (non-hydrogen) atoms. The highest BCUT2D eigenvalue weighted by Crippen LogP contribution is 2.48. The predicted octanol–water partition coefficient (Wildman–Crippen LogP) is 6.87. The van der Waals surface area contributed by atoms with E-state index in [-0.39, 0.29) is 0 Å². The quantitative estimate of drug-likeness (QED) is 0.319. The van der Waals surface area contributed by atoms with Gasteiger partial charge in [-0.05, 0) is 59.4 Å². The van der Waals surface area contributed by atoms with Gasteiger partial charge in [0.15, 0.2) is 0 Å². The summed E-state index contributed by atoms with van der Waals surface area (Å²) in [6.07, 6.45) is 2.20. The summed E-state index contributed by atoms with van der Waals surface area (Å²) in [5.74, 6) is 0. The molecule has 1 aromatic heterocycles. The Morgan fingerprint density at radius 1 is 0.621 bits per heavy atom. The number of furan rings is 1. The number of hydrogen-bond donors (Lipinski definition) is 0. The number of nitrogens with zero attached hydrogens (tertiary/aromatic N) is 1. The molecule has 0 amide bonds. The topological polar surface area (TPSA) is 16.4 Å². The van der Waals surface area contributed by atoms with Crippen molar-refractivity contribution in [2.75, 3.05) is 4.90 Å². The van der Waals surface area contributed by atoms with Crippen LogP contribution in [0, 0.1) is 0 Å². The Morgan fingerprint density at radius 3 is 2.31 bits per heavy atom. The Labute approximate surface area is 169 Å². The summed E-state index contributed by atoms with van der Waals surface area (Å²) < 4.78 is 6.16. The third-order valence-corrected chi connectivity index (χ3v) is 6.56. The molecule has 0 aliphatic carbocycles. The van der Waals surface area contributed by atoms with Crippen molar-refractivity contribution < 1.29 is 4.42 Å². The van der Waals surface area contributed by atoms with E-state index in [2.05, 4.69) is 83.8 Å². The third-order valence-electron chi connectivity index (χ3n) is 6.56. The first kappa shape index (κ1) is 15.4. The molecule has 1 unspecified atom stereocenters. The van der Waals surface area contributed by atoms with Crippen LogP contribution in [0.15, 0.2) is 89.3 Å². The van der Waals surface area contributed by atoms with E-state index in [1.165, 1.54) is 44.4 Å². The highest BCUT2D eigenvalue weighted by molar-refractivity contribution is 6.06. The normalized spacial score (nSPS) is 17.0. The average Bonchev–Trinajstić information content (AvgIpc) is 3.41. The van der Waals surface area contributed by atoms with Crippen LogP contribution in [0.25, 0.3) is 33.1 Å². The number of benzene rings is 4. The summed E-state index contributed by atoms with van der Waals surface area (Å²) in [7, 11) is 0. The Morgan fingerprint density at radius 2 is 1.41 bits per heavy atom. The van der Waals surface area contributed by atoms with E-state index < -0.39 is 0 Å². The molecule has 7 rings (SSSR count). The lowest BCUT2D eigenvalue weighted by Crippen LogP contribution is -2.22. The maximum atomic E-state index is 6.16. The van der Waals surface area contributed by atoms with Crippen LogP contribution in [-0.4, -0.2) is 6.04 Å². The first-order valence-electron chi connectivity index (χ1n) is 10.3. The molecule has 2 heteroatoms. The zero-order valence-electron chi connectivity index (χ0n) is 15.9. The second-order valence-electron chi connectivity index (χ2n) is 8.22. The Hall–Kier alpha value is -3.52. The number of rotatable bonds is 1. The van der Waals surface area contributed by atoms with Crippen LogP contribution in [0.4, 0.5) is 11.4 Å². The second-order valence-corrected chi connectivity index (χ2v) is 8.22. The molecule has 1 atom stereocenters. The summed E-state index contributed by atoms with van der Waals surface area (Å²) in [5, 5.41) is 2.45. The van der Waals surface area contributed by atoms with E-state index in [1.807, 2.05) is 6.07 Å². The van der Waals surface area contributed by atoms with E-state index in [0.29, 0.717) is 6.04 Å². The third kappa shape index (κ3) is 2.11. The fraction of sp³-hybridized carbons (Fsp3) is 0.111. The zero-order chi connectivity index (χ0) is 18.9. The van der Waals surface area contributed by atoms with Gasteiger partial charge in [0.05, 0.1) is 0 Å². The Balaban J connectivity index is 1.36. The van der Waals surface area contributed by atoms with Crippen LogP contribution in [-0.2, 0) is 12.8 Å². The lowest BCUT2D eigenvalue weighted by atomic mass is 9.98. The van der Waals surface area contributed by atoms with E-state index >= 15 is 0 Å². The van der Waals surface area contributed by atoms with Crippen molar-refractivity contribution in [3.05, 3.63) is 96.1 Å². The number of hydrogen-bond acceptors (Lipinski definition) is 2. The first-order valence-corrected chi connectivity index (χ1v) is 10.3. The van der Waals surface area contributed by atoms with Gasteiger partial charge in [-0.1, -0.05) is 54.6 Å². The number of fused-ring (bicyclic) bond motifs is 8. The minimum absolute atomic E-state index is 0.517. The smallest absolute Gasteiger partial charge is 0.137 e. The molecule has 0 fully saturated rings. The molecule has 2 nitrogen and oxygen atoms in total. The molecular formula is C27H19NO. The predicted molar refractivity (Wildman–Crippen MR) is 119 cm³/mol. The molecular weight excluding hydrogens is 354 g/mol. The summed E-state index contributed by atoms with van der Waals surface area (Å²) in [4.78, 5) is 2.53. The summed E-state index contributed by atoms with van der Waals surface area (Å²) in [6, 6.07) is 31.1. The Kier molecular flexibility index (Phi) is 2.93. The molecule has 0 N–H and O–H groups in total. The van der Waals surface area contributed by atoms with Crippen LogP contribution in [0.2, 0.25) is 0 Å². The van der Waals surface area contributed by atoms with Crippen molar-refractivity contribution in [2.24, 2.45) is 0 Å². The van der Waals surface area contributed by atoms with Gasteiger partial charge < -0.3 is 9.32 Å². The lowest BCUT2D eigenvalue weighted by molar-refractivity contribution is 0.669. The molecule has 4 aromatic carbocycles. The first-order chi connectivity index (χ1) is 14.3. The van der Waals surface area contributed by atoms with Gasteiger partial charge in [-0.2, -0.15) is 0 Å². The van der Waals surface area contributed by atoms with Gasteiger partial charge in [-0.3, -0.25) is 0 Å². The van der Waals surface area contributed by atoms with Crippen LogP contribution < -0.4 is 4.90 Å². The molecule has 0 bridgehead atoms. The minimum Gasteiger partial charge on any atom is -0.456 e. The van der Waals surface area contributed by atoms with Gasteiger partial charge in [0.1, 0.15) is 11.2 Å². The van der Waals surface area contributed by atoms with Crippen molar-refractivity contribution in [1.29, 1.82) is 0 Å². The largest absolute Gasteiger partial charge is 0.456 e. The summed E-state index contributed by atoms with van der Waals surface area (Å²) in [6.45, 7) is 0. The fourth-order valence-corrected chi connectivity index (χ4v) is 5.27. The highest BCUT2D eigenvalue weighted by Gasteiger charge is 2.37. The standard InChI is InChI=1S/C27H19NO/c1-2-6-17(7-3-1)18-10-11-24-19(12-18)13-21-14-20-15-23-22-8-4-5-9-26(22)29-27(23)16-25(20)28(21)24/h1-12,15-16,21H,13-14H2. The van der Waals surface area contributed by atoms with Gasteiger partial charge >= 0.3 is 0 Å². The maximum absolute atomic E-state index is 6.16. The molecule has 0 spiro atoms. The molecule has 0 saturated carbocycles. The van der Waals surface area contributed by atoms with E-state index in [0.717, 1.165) is 24.0 Å². The lowest BCUT2D eigenvalue weighted by Gasteiger charge is -2.20. The molecule has 0 saturated heterocycles. The molecule has 138 valence electrons. The Bertz CT molecular complexity index is 1410. The van der Waals surface area contributed by atoms with Crippen LogP contribution >= 0.6 is 0 Å². The molecule has 0 radical (unpaired) electrons. The van der Waals surface area contributed by atoms with Crippen molar-refractivity contribution in [2.45, 2.75) is 18.9 Å². The van der Waals surface area contributed by atoms with Gasteiger partial charge in [0.25, 0.3) is 0 Å². The van der Waals surface area contributed by atoms with Crippen molar-refractivity contribution >= 4 is 33.3 Å². The van der Waals surface area contributed by atoms with E-state index in [9.17, 15) is 0 Å². The maximum Gasteiger partial charge on any atom is 0.137 e. The highest BCUT2D eigenvalue weighted by atomic mass is 16.3. The van der Waals surface area contributed by atoms with Crippen molar-refractivity contribution in [1.82, 2.24) is 0 Å². The molecule has 5 aromatic rings. The summed E-state index contributed by atoms with van der Waals surface area (Å²) in [5.41, 5.74) is 10.1. The van der Waals surface area contributed by atoms with E-state index in [4.69, 9.17) is 4.42 Å². The van der Waals surface area contributed by atoms with Crippen molar-refractivity contribution in [3.8, 4) is 11.1 Å². The second kappa shape index (κ2) is 5.51. The number of para-hydroxylation sites is 1. The van der Waals surface area contributed by atoms with Gasteiger partial charge in [0.2, 0.25) is 0 Å².